The van der Waals surface area contributed by atoms with Gasteiger partial charge in [-0.05, 0) is 13.3 Å². The highest BCUT2D eigenvalue weighted by atomic mass is 79.9. The molecule has 0 aliphatic rings. The molecule has 11 heavy (non-hydrogen) atoms. The maximum atomic E-state index is 11.0. The predicted octanol–water partition coefficient (Wildman–Crippen LogP) is 1.60. The fraction of sp³-hybridized carbons (Fsp3) is 0.833. The molecule has 0 aromatic heterocycles. The summed E-state index contributed by atoms with van der Waals surface area (Å²) in [6, 6.07) is 0. The minimum Gasteiger partial charge on any atom is -0.274 e. The lowest BCUT2D eigenvalue weighted by molar-refractivity contribution is -0.132. The number of carbonyl (C=O) groups excluding carboxylic acids is 1. The summed E-state index contributed by atoms with van der Waals surface area (Å²) in [7, 11) is 0. The maximum absolute atomic E-state index is 11.0. The number of nitrogens with one attached hydrogen (secondary N) is 1. The van der Waals surface area contributed by atoms with Crippen molar-refractivity contribution in [2.75, 3.05) is 11.9 Å². The summed E-state index contributed by atoms with van der Waals surface area (Å²) >= 11 is 6.45. The lowest BCUT2D eigenvalue weighted by Crippen LogP contribution is -2.31. The minimum atomic E-state index is -0.173. The van der Waals surface area contributed by atoms with Crippen LogP contribution in [0.5, 0.6) is 0 Å². The highest BCUT2D eigenvalue weighted by Crippen LogP contribution is 2.06. The van der Waals surface area contributed by atoms with E-state index in [1.807, 2.05) is 6.92 Å². The Balaban J connectivity index is 3.47. The highest BCUT2D eigenvalue weighted by Gasteiger charge is 2.12. The lowest BCUT2D eigenvalue weighted by Gasteiger charge is -2.07. The first-order valence-electron chi connectivity index (χ1n) is 3.34. The molecule has 0 aliphatic carbocycles. The fourth-order valence-corrected chi connectivity index (χ4v) is 1.83. The van der Waals surface area contributed by atoms with Gasteiger partial charge in [-0.2, -0.15) is 0 Å². The summed E-state index contributed by atoms with van der Waals surface area (Å²) < 4.78 is 0. The molecule has 0 aliphatic heterocycles. The third kappa shape index (κ3) is 5.64. The van der Waals surface area contributed by atoms with Gasteiger partial charge in [0.2, 0.25) is 0 Å². The van der Waals surface area contributed by atoms with Crippen LogP contribution in [0.1, 0.15) is 13.3 Å². The number of hydroxylamine groups is 1. The van der Waals surface area contributed by atoms with Gasteiger partial charge in [0.15, 0.2) is 0 Å². The Morgan fingerprint density at radius 2 is 2.36 bits per heavy atom. The van der Waals surface area contributed by atoms with Crippen molar-refractivity contribution in [3.05, 3.63) is 0 Å². The Morgan fingerprint density at radius 1 is 1.73 bits per heavy atom. The summed E-state index contributed by atoms with van der Waals surface area (Å²) in [5.74, 6) is -0.133. The van der Waals surface area contributed by atoms with Crippen molar-refractivity contribution in [3.8, 4) is 0 Å². The number of rotatable bonds is 5. The first kappa shape index (κ1) is 11.4. The van der Waals surface area contributed by atoms with E-state index in [0.29, 0.717) is 6.61 Å². The molecule has 3 nitrogen and oxygen atoms in total. The van der Waals surface area contributed by atoms with Gasteiger partial charge in [-0.25, -0.2) is 5.48 Å². The Morgan fingerprint density at radius 3 is 2.82 bits per heavy atom. The Kier molecular flexibility index (Phi) is 7.31. The molecule has 0 fully saturated rings. The zero-order valence-corrected chi connectivity index (χ0v) is 9.44. The number of halogens is 2. The summed E-state index contributed by atoms with van der Waals surface area (Å²) in [6.45, 7) is 2.30. The average molecular weight is 289 g/mol. The topological polar surface area (TPSA) is 38.3 Å². The molecule has 66 valence electrons. The Labute approximate surface area is 83.1 Å². The molecule has 0 radical (unpaired) electrons. The fourth-order valence-electron chi connectivity index (χ4n) is 0.434. The van der Waals surface area contributed by atoms with Crippen LogP contribution in [0.25, 0.3) is 0 Å². The smallest absolute Gasteiger partial charge is 0.257 e. The zero-order valence-electron chi connectivity index (χ0n) is 6.27. The van der Waals surface area contributed by atoms with Crippen LogP contribution in [-0.4, -0.2) is 22.7 Å². The van der Waals surface area contributed by atoms with Crippen molar-refractivity contribution in [1.82, 2.24) is 5.48 Å². The first-order valence-corrected chi connectivity index (χ1v) is 5.37. The van der Waals surface area contributed by atoms with Gasteiger partial charge >= 0.3 is 0 Å². The molecule has 1 N–H and O–H groups in total. The van der Waals surface area contributed by atoms with E-state index in [1.54, 1.807) is 0 Å². The molecule has 0 bridgehead atoms. The molecule has 0 spiro atoms. The molecular weight excluding hydrogens is 278 g/mol. The van der Waals surface area contributed by atoms with E-state index in [-0.39, 0.29) is 10.7 Å². The van der Waals surface area contributed by atoms with Crippen LogP contribution in [0.2, 0.25) is 0 Å². The number of hydrogen-bond acceptors (Lipinski definition) is 2. The summed E-state index contributed by atoms with van der Waals surface area (Å²) in [6.07, 6.45) is 0.749. The molecule has 0 saturated heterocycles. The van der Waals surface area contributed by atoms with E-state index in [9.17, 15) is 4.79 Å². The van der Waals surface area contributed by atoms with Crippen molar-refractivity contribution in [2.45, 2.75) is 18.2 Å². The molecule has 0 rings (SSSR count). The van der Waals surface area contributed by atoms with Gasteiger partial charge in [0.25, 0.3) is 5.91 Å². The molecule has 0 aromatic carbocycles. The molecule has 0 saturated carbocycles. The molecule has 0 heterocycles. The quantitative estimate of drug-likeness (QED) is 0.616. The summed E-state index contributed by atoms with van der Waals surface area (Å²) in [5, 5.41) is 0.794. The minimum absolute atomic E-state index is 0.133. The van der Waals surface area contributed by atoms with Crippen LogP contribution in [0, 0.1) is 0 Å². The standard InChI is InChI=1S/C6H11Br2NO2/c1-2-11-9-6(10)5(8)3-4-7/h5H,2-4H2,1H3,(H,9,10). The molecule has 0 aromatic rings. The van der Waals surface area contributed by atoms with Crippen molar-refractivity contribution in [2.24, 2.45) is 0 Å². The first-order chi connectivity index (χ1) is 5.22. The van der Waals surface area contributed by atoms with Crippen molar-refractivity contribution >= 4 is 37.8 Å². The largest absolute Gasteiger partial charge is 0.274 e. The Bertz CT molecular complexity index is 121. The van der Waals surface area contributed by atoms with Gasteiger partial charge in [0, 0.05) is 5.33 Å². The van der Waals surface area contributed by atoms with Crippen LogP contribution in [0.15, 0.2) is 0 Å². The maximum Gasteiger partial charge on any atom is 0.257 e. The van der Waals surface area contributed by atoms with Crippen LogP contribution < -0.4 is 5.48 Å². The van der Waals surface area contributed by atoms with E-state index in [2.05, 4.69) is 37.3 Å². The second-order valence-electron chi connectivity index (χ2n) is 1.84. The lowest BCUT2D eigenvalue weighted by atomic mass is 10.3. The van der Waals surface area contributed by atoms with Gasteiger partial charge in [-0.3, -0.25) is 9.63 Å². The SMILES string of the molecule is CCONC(=O)C(Br)CCBr. The molecular formula is C6H11Br2NO2. The number of hydrogen-bond donors (Lipinski definition) is 1. The van der Waals surface area contributed by atoms with Gasteiger partial charge < -0.3 is 0 Å². The second kappa shape index (κ2) is 7.06. The third-order valence-corrected chi connectivity index (χ3v) is 2.30. The van der Waals surface area contributed by atoms with Crippen molar-refractivity contribution < 1.29 is 9.63 Å². The third-order valence-electron chi connectivity index (χ3n) is 0.964. The summed E-state index contributed by atoms with van der Waals surface area (Å²) in [4.78, 5) is 15.5. The van der Waals surface area contributed by atoms with Gasteiger partial charge in [-0.1, -0.05) is 31.9 Å². The molecule has 1 unspecified atom stereocenters. The van der Waals surface area contributed by atoms with Crippen LogP contribution in [0.3, 0.4) is 0 Å². The normalized spacial score (nSPS) is 12.6. The van der Waals surface area contributed by atoms with Gasteiger partial charge in [0.05, 0.1) is 11.4 Å². The van der Waals surface area contributed by atoms with Crippen LogP contribution >= 0.6 is 31.9 Å². The van der Waals surface area contributed by atoms with E-state index < -0.39 is 0 Å². The predicted molar refractivity (Wildman–Crippen MR) is 50.9 cm³/mol. The van der Waals surface area contributed by atoms with Gasteiger partial charge in [0.1, 0.15) is 0 Å². The van der Waals surface area contributed by atoms with E-state index >= 15 is 0 Å². The molecule has 1 atom stereocenters. The summed E-state index contributed by atoms with van der Waals surface area (Å²) in [5.41, 5.74) is 2.31. The van der Waals surface area contributed by atoms with Crippen LogP contribution in [-0.2, 0) is 9.63 Å². The molecule has 5 heteroatoms. The Hall–Kier alpha value is 0.390. The number of amides is 1. The van der Waals surface area contributed by atoms with Gasteiger partial charge in [-0.15, -0.1) is 0 Å². The van der Waals surface area contributed by atoms with Crippen molar-refractivity contribution in [3.63, 3.8) is 0 Å². The van der Waals surface area contributed by atoms with Crippen LogP contribution in [0.4, 0.5) is 0 Å². The van der Waals surface area contributed by atoms with E-state index in [4.69, 9.17) is 4.84 Å². The average Bonchev–Trinajstić information content (AvgIpc) is 2.00. The van der Waals surface area contributed by atoms with E-state index in [1.165, 1.54) is 0 Å². The number of alkyl halides is 2. The monoisotopic (exact) mass is 287 g/mol. The van der Waals surface area contributed by atoms with Crippen molar-refractivity contribution in [1.29, 1.82) is 0 Å². The number of carbonyl (C=O) groups is 1. The second-order valence-corrected chi connectivity index (χ2v) is 3.74. The van der Waals surface area contributed by atoms with E-state index in [0.717, 1.165) is 11.8 Å². The molecule has 1 amide bonds. The highest BCUT2D eigenvalue weighted by molar-refractivity contribution is 9.10. The zero-order chi connectivity index (χ0) is 8.69.